The maximum Gasteiger partial charge on any atom is 0.128 e. The third kappa shape index (κ3) is 2.80. The molecule has 0 fully saturated rings. The molecule has 2 aromatic rings. The van der Waals surface area contributed by atoms with Crippen molar-refractivity contribution in [1.82, 2.24) is 0 Å². The Hall–Kier alpha value is -2.03. The third-order valence-electron chi connectivity index (χ3n) is 2.84. The zero-order valence-electron chi connectivity index (χ0n) is 10.5. The Labute approximate surface area is 106 Å². The molecule has 0 saturated carbocycles. The van der Waals surface area contributed by atoms with Gasteiger partial charge in [0, 0.05) is 11.3 Å². The topological polar surface area (TPSA) is 21.3 Å². The fraction of sp³-hybridized carbons (Fsp3) is 0.200. The summed E-state index contributed by atoms with van der Waals surface area (Å²) in [5.74, 6) is 0.616. The van der Waals surface area contributed by atoms with E-state index in [2.05, 4.69) is 5.32 Å². The summed E-state index contributed by atoms with van der Waals surface area (Å²) in [6.07, 6.45) is 0. The van der Waals surface area contributed by atoms with Gasteiger partial charge in [-0.1, -0.05) is 18.2 Å². The van der Waals surface area contributed by atoms with Crippen LogP contribution in [0.15, 0.2) is 48.5 Å². The molecule has 0 bridgehead atoms. The first-order valence-corrected chi connectivity index (χ1v) is 5.85. The molecule has 1 atom stereocenters. The van der Waals surface area contributed by atoms with Crippen LogP contribution < -0.4 is 10.1 Å². The summed E-state index contributed by atoms with van der Waals surface area (Å²) in [5.41, 5.74) is 1.60. The largest absolute Gasteiger partial charge is 0.497 e. The molecule has 18 heavy (non-hydrogen) atoms. The maximum atomic E-state index is 13.6. The van der Waals surface area contributed by atoms with Crippen LogP contribution in [0.3, 0.4) is 0 Å². The summed E-state index contributed by atoms with van der Waals surface area (Å²) in [6, 6.07) is 14.3. The number of methoxy groups -OCH3 is 1. The molecule has 0 aliphatic carbocycles. The molecule has 1 unspecified atom stereocenters. The van der Waals surface area contributed by atoms with Crippen LogP contribution in [0.5, 0.6) is 5.75 Å². The molecule has 94 valence electrons. The second kappa shape index (κ2) is 5.54. The molecule has 3 heteroatoms. The molecule has 0 aliphatic rings. The lowest BCUT2D eigenvalue weighted by Crippen LogP contribution is -2.08. The number of hydrogen-bond acceptors (Lipinski definition) is 2. The van der Waals surface area contributed by atoms with Gasteiger partial charge in [0.05, 0.1) is 13.2 Å². The van der Waals surface area contributed by atoms with Crippen molar-refractivity contribution >= 4 is 5.69 Å². The van der Waals surface area contributed by atoms with Crippen molar-refractivity contribution < 1.29 is 9.13 Å². The molecule has 0 spiro atoms. The minimum Gasteiger partial charge on any atom is -0.497 e. The number of ether oxygens (including phenoxy) is 1. The Morgan fingerprint density at radius 1 is 1.06 bits per heavy atom. The van der Waals surface area contributed by atoms with Gasteiger partial charge in [-0.05, 0) is 37.3 Å². The number of anilines is 1. The fourth-order valence-electron chi connectivity index (χ4n) is 1.84. The molecule has 0 aliphatic heterocycles. The van der Waals surface area contributed by atoms with Crippen LogP contribution in [0.25, 0.3) is 0 Å². The lowest BCUT2D eigenvalue weighted by Gasteiger charge is -2.16. The molecule has 1 N–H and O–H groups in total. The lowest BCUT2D eigenvalue weighted by molar-refractivity contribution is 0.415. The van der Waals surface area contributed by atoms with E-state index in [9.17, 15) is 4.39 Å². The van der Waals surface area contributed by atoms with Crippen molar-refractivity contribution in [3.05, 3.63) is 59.9 Å². The zero-order chi connectivity index (χ0) is 13.0. The molecule has 0 saturated heterocycles. The van der Waals surface area contributed by atoms with Gasteiger partial charge in [0.25, 0.3) is 0 Å². The first kappa shape index (κ1) is 12.4. The summed E-state index contributed by atoms with van der Waals surface area (Å²) >= 11 is 0. The number of benzene rings is 2. The summed E-state index contributed by atoms with van der Waals surface area (Å²) in [6.45, 7) is 1.93. The molecule has 0 amide bonds. The van der Waals surface area contributed by atoms with Crippen molar-refractivity contribution in [2.24, 2.45) is 0 Å². The van der Waals surface area contributed by atoms with Gasteiger partial charge in [0.2, 0.25) is 0 Å². The summed E-state index contributed by atoms with van der Waals surface area (Å²) in [4.78, 5) is 0. The van der Waals surface area contributed by atoms with Gasteiger partial charge in [0.15, 0.2) is 0 Å². The second-order valence-electron chi connectivity index (χ2n) is 4.12. The van der Waals surface area contributed by atoms with Gasteiger partial charge in [-0.3, -0.25) is 0 Å². The van der Waals surface area contributed by atoms with Gasteiger partial charge >= 0.3 is 0 Å². The zero-order valence-corrected chi connectivity index (χ0v) is 10.5. The molecular formula is C15H16FNO. The van der Waals surface area contributed by atoms with Gasteiger partial charge in [-0.2, -0.15) is 0 Å². The average molecular weight is 245 g/mol. The quantitative estimate of drug-likeness (QED) is 0.878. The number of rotatable bonds is 4. The van der Waals surface area contributed by atoms with Gasteiger partial charge in [-0.15, -0.1) is 0 Å². The molecule has 2 aromatic carbocycles. The molecule has 2 nitrogen and oxygen atoms in total. The van der Waals surface area contributed by atoms with E-state index < -0.39 is 0 Å². The van der Waals surface area contributed by atoms with Crippen LogP contribution in [0, 0.1) is 5.82 Å². The SMILES string of the molecule is COc1ccc(NC(C)c2ccccc2F)cc1. The Morgan fingerprint density at radius 3 is 2.33 bits per heavy atom. The minimum absolute atomic E-state index is 0.0837. The highest BCUT2D eigenvalue weighted by atomic mass is 19.1. The summed E-state index contributed by atoms with van der Waals surface area (Å²) < 4.78 is 18.7. The van der Waals surface area contributed by atoms with E-state index in [0.29, 0.717) is 5.56 Å². The molecule has 0 radical (unpaired) electrons. The molecular weight excluding hydrogens is 229 g/mol. The van der Waals surface area contributed by atoms with Gasteiger partial charge < -0.3 is 10.1 Å². The van der Waals surface area contributed by atoms with E-state index in [1.807, 2.05) is 37.3 Å². The number of halogens is 1. The van der Waals surface area contributed by atoms with Crippen molar-refractivity contribution in [3.8, 4) is 5.75 Å². The first-order chi connectivity index (χ1) is 8.70. The van der Waals surface area contributed by atoms with E-state index >= 15 is 0 Å². The van der Waals surface area contributed by atoms with Crippen molar-refractivity contribution in [2.75, 3.05) is 12.4 Å². The first-order valence-electron chi connectivity index (χ1n) is 5.85. The minimum atomic E-state index is -0.189. The van der Waals surface area contributed by atoms with Crippen LogP contribution >= 0.6 is 0 Å². The average Bonchev–Trinajstić information content (AvgIpc) is 2.40. The number of hydrogen-bond donors (Lipinski definition) is 1. The van der Waals surface area contributed by atoms with Crippen molar-refractivity contribution in [3.63, 3.8) is 0 Å². The maximum absolute atomic E-state index is 13.6. The predicted molar refractivity (Wildman–Crippen MR) is 71.4 cm³/mol. The Kier molecular flexibility index (Phi) is 3.82. The second-order valence-corrected chi connectivity index (χ2v) is 4.12. The highest BCUT2D eigenvalue weighted by Gasteiger charge is 2.09. The van der Waals surface area contributed by atoms with Crippen LogP contribution in [-0.4, -0.2) is 7.11 Å². The summed E-state index contributed by atoms with van der Waals surface area (Å²) in [7, 11) is 1.63. The Bertz CT molecular complexity index is 510. The predicted octanol–water partition coefficient (Wildman–Crippen LogP) is 4.01. The van der Waals surface area contributed by atoms with Crippen molar-refractivity contribution in [2.45, 2.75) is 13.0 Å². The van der Waals surface area contributed by atoms with E-state index in [1.165, 1.54) is 6.07 Å². The van der Waals surface area contributed by atoms with Crippen molar-refractivity contribution in [1.29, 1.82) is 0 Å². The normalized spacial score (nSPS) is 11.9. The molecule has 0 aromatic heterocycles. The lowest BCUT2D eigenvalue weighted by atomic mass is 10.1. The third-order valence-corrected chi connectivity index (χ3v) is 2.84. The molecule has 0 heterocycles. The van der Waals surface area contributed by atoms with Gasteiger partial charge in [-0.25, -0.2) is 4.39 Å². The summed E-state index contributed by atoms with van der Waals surface area (Å²) in [5, 5.41) is 3.25. The van der Waals surface area contributed by atoms with Crippen LogP contribution in [0.1, 0.15) is 18.5 Å². The van der Waals surface area contributed by atoms with Gasteiger partial charge in [0.1, 0.15) is 11.6 Å². The highest BCUT2D eigenvalue weighted by Crippen LogP contribution is 2.22. The Morgan fingerprint density at radius 2 is 1.72 bits per heavy atom. The standard InChI is InChI=1S/C15H16FNO/c1-11(14-5-3-4-6-15(14)16)17-12-7-9-13(18-2)10-8-12/h3-11,17H,1-2H3. The van der Waals surface area contributed by atoms with E-state index in [4.69, 9.17) is 4.74 Å². The van der Waals surface area contributed by atoms with E-state index in [-0.39, 0.29) is 11.9 Å². The Balaban J connectivity index is 2.11. The monoisotopic (exact) mass is 245 g/mol. The van der Waals surface area contributed by atoms with E-state index in [1.54, 1.807) is 19.2 Å². The van der Waals surface area contributed by atoms with Crippen LogP contribution in [-0.2, 0) is 0 Å². The smallest absolute Gasteiger partial charge is 0.128 e. The highest BCUT2D eigenvalue weighted by molar-refractivity contribution is 5.48. The number of nitrogens with one attached hydrogen (secondary N) is 1. The van der Waals surface area contributed by atoms with E-state index in [0.717, 1.165) is 11.4 Å². The fourth-order valence-corrected chi connectivity index (χ4v) is 1.84. The van der Waals surface area contributed by atoms with Crippen LogP contribution in [0.4, 0.5) is 10.1 Å². The van der Waals surface area contributed by atoms with Crippen LogP contribution in [0.2, 0.25) is 0 Å². The molecule has 2 rings (SSSR count).